The molecule has 0 spiro atoms. The Morgan fingerprint density at radius 2 is 1.78 bits per heavy atom. The van der Waals surface area contributed by atoms with Crippen LogP contribution in [0.25, 0.3) is 0 Å². The summed E-state index contributed by atoms with van der Waals surface area (Å²) >= 11 is 0. The fourth-order valence-electron chi connectivity index (χ4n) is 2.15. The highest BCUT2D eigenvalue weighted by molar-refractivity contribution is 5.79. The van der Waals surface area contributed by atoms with Gasteiger partial charge >= 0.3 is 6.18 Å². The second-order valence-electron chi connectivity index (χ2n) is 5.94. The van der Waals surface area contributed by atoms with E-state index in [1.54, 1.807) is 6.07 Å². The number of ether oxygens (including phenoxy) is 1. The van der Waals surface area contributed by atoms with Crippen molar-refractivity contribution < 1.29 is 17.9 Å². The number of nitrogens with one attached hydrogen (secondary N) is 2. The van der Waals surface area contributed by atoms with Crippen LogP contribution in [-0.4, -0.2) is 30.3 Å². The lowest BCUT2D eigenvalue weighted by Gasteiger charge is -2.12. The van der Waals surface area contributed by atoms with Crippen LogP contribution in [0.1, 0.15) is 23.6 Å². The van der Waals surface area contributed by atoms with Crippen molar-refractivity contribution >= 4 is 5.96 Å². The monoisotopic (exact) mass is 380 g/mol. The Hall–Kier alpha value is -2.77. The van der Waals surface area contributed by atoms with Gasteiger partial charge in [0.05, 0.1) is 6.54 Å². The lowest BCUT2D eigenvalue weighted by atomic mass is 10.1. The number of aliphatic imine (C=N–C) groups is 1. The summed E-state index contributed by atoms with van der Waals surface area (Å²) in [6, 6.07) is 11.3. The van der Waals surface area contributed by atoms with E-state index in [1.807, 2.05) is 13.8 Å². The van der Waals surface area contributed by atoms with E-state index >= 15 is 0 Å². The van der Waals surface area contributed by atoms with Crippen LogP contribution < -0.4 is 15.4 Å². The van der Waals surface area contributed by atoms with Crippen LogP contribution in [0.2, 0.25) is 0 Å². The van der Waals surface area contributed by atoms with Gasteiger partial charge in [0.15, 0.2) is 12.6 Å². The smallest absolute Gasteiger partial charge is 0.422 e. The molecular formula is C19H23F3N4O. The second kappa shape index (κ2) is 9.80. The number of guanidine groups is 1. The van der Waals surface area contributed by atoms with E-state index in [0.717, 1.165) is 11.1 Å². The number of halogens is 3. The van der Waals surface area contributed by atoms with E-state index in [4.69, 9.17) is 0 Å². The van der Waals surface area contributed by atoms with Gasteiger partial charge < -0.3 is 15.4 Å². The van der Waals surface area contributed by atoms with Crippen molar-refractivity contribution in [3.05, 3.63) is 59.3 Å². The zero-order valence-corrected chi connectivity index (χ0v) is 15.3. The second-order valence-corrected chi connectivity index (χ2v) is 5.94. The molecule has 2 N–H and O–H groups in total. The molecule has 2 aromatic rings. The maximum atomic E-state index is 12.1. The summed E-state index contributed by atoms with van der Waals surface area (Å²) in [6.07, 6.45) is -2.92. The van der Waals surface area contributed by atoms with Gasteiger partial charge in [0, 0.05) is 25.4 Å². The third kappa shape index (κ3) is 7.98. The van der Waals surface area contributed by atoms with Gasteiger partial charge in [-0.25, -0.2) is 9.98 Å². The van der Waals surface area contributed by atoms with Crippen LogP contribution in [0, 0.1) is 6.92 Å². The molecule has 0 fully saturated rings. The van der Waals surface area contributed by atoms with Crippen molar-refractivity contribution in [2.75, 3.05) is 13.2 Å². The number of nitrogens with zero attached hydrogens (tertiary/aromatic N) is 2. The lowest BCUT2D eigenvalue weighted by molar-refractivity contribution is -0.154. The van der Waals surface area contributed by atoms with Crippen molar-refractivity contribution in [2.24, 2.45) is 4.99 Å². The molecule has 5 nitrogen and oxygen atoms in total. The van der Waals surface area contributed by atoms with Gasteiger partial charge in [-0.2, -0.15) is 13.2 Å². The minimum absolute atomic E-state index is 0.0653. The van der Waals surface area contributed by atoms with Crippen LogP contribution >= 0.6 is 0 Å². The summed E-state index contributed by atoms with van der Waals surface area (Å²) in [5, 5.41) is 6.40. The summed E-state index contributed by atoms with van der Waals surface area (Å²) in [6.45, 7) is 4.34. The number of pyridine rings is 1. The van der Waals surface area contributed by atoms with Crippen molar-refractivity contribution in [3.63, 3.8) is 0 Å². The van der Waals surface area contributed by atoms with Gasteiger partial charge in [-0.1, -0.05) is 35.9 Å². The average Bonchev–Trinajstić information content (AvgIpc) is 2.64. The van der Waals surface area contributed by atoms with E-state index in [9.17, 15) is 13.2 Å². The number of alkyl halides is 3. The molecule has 1 aromatic heterocycles. The highest BCUT2D eigenvalue weighted by Crippen LogP contribution is 2.17. The third-order valence-corrected chi connectivity index (χ3v) is 3.53. The molecule has 1 heterocycles. The first-order chi connectivity index (χ1) is 12.9. The summed E-state index contributed by atoms with van der Waals surface area (Å²) in [5.74, 6) is 0.583. The molecular weight excluding hydrogens is 357 g/mol. The van der Waals surface area contributed by atoms with E-state index in [0.29, 0.717) is 25.6 Å². The highest BCUT2D eigenvalue weighted by atomic mass is 19.4. The molecule has 0 unspecified atom stereocenters. The van der Waals surface area contributed by atoms with Gasteiger partial charge in [-0.3, -0.25) is 0 Å². The largest absolute Gasteiger partial charge is 0.468 e. The number of hydrogen-bond donors (Lipinski definition) is 2. The van der Waals surface area contributed by atoms with Crippen molar-refractivity contribution in [2.45, 2.75) is 33.1 Å². The van der Waals surface area contributed by atoms with Crippen molar-refractivity contribution in [3.8, 4) is 5.88 Å². The summed E-state index contributed by atoms with van der Waals surface area (Å²) < 4.78 is 41.0. The Morgan fingerprint density at radius 3 is 2.37 bits per heavy atom. The molecule has 0 saturated carbocycles. The fraction of sp³-hybridized carbons (Fsp3) is 0.368. The molecule has 0 amide bonds. The van der Waals surface area contributed by atoms with Crippen LogP contribution in [0.3, 0.4) is 0 Å². The zero-order chi connectivity index (χ0) is 19.7. The number of aryl methyl sites for hydroxylation is 1. The van der Waals surface area contributed by atoms with E-state index < -0.39 is 12.8 Å². The molecule has 27 heavy (non-hydrogen) atoms. The fourth-order valence-corrected chi connectivity index (χ4v) is 2.15. The molecule has 0 saturated heterocycles. The zero-order valence-electron chi connectivity index (χ0n) is 15.3. The molecule has 0 atom stereocenters. The molecule has 0 aliphatic carbocycles. The number of rotatable bonds is 7. The maximum absolute atomic E-state index is 12.1. The average molecular weight is 380 g/mol. The minimum Gasteiger partial charge on any atom is -0.468 e. The number of hydrogen-bond acceptors (Lipinski definition) is 3. The normalized spacial score (nSPS) is 12.0. The summed E-state index contributed by atoms with van der Waals surface area (Å²) in [7, 11) is 0. The first-order valence-electron chi connectivity index (χ1n) is 8.58. The predicted molar refractivity (Wildman–Crippen MR) is 98.6 cm³/mol. The van der Waals surface area contributed by atoms with Gasteiger partial charge in [0.1, 0.15) is 0 Å². The summed E-state index contributed by atoms with van der Waals surface area (Å²) in [4.78, 5) is 8.34. The Labute approximate surface area is 156 Å². The Bertz CT molecular complexity index is 728. The molecule has 2 rings (SSSR count). The number of benzene rings is 1. The van der Waals surface area contributed by atoms with Crippen LogP contribution in [0.5, 0.6) is 5.88 Å². The molecule has 0 radical (unpaired) electrons. The van der Waals surface area contributed by atoms with Crippen LogP contribution in [-0.2, 0) is 13.1 Å². The highest BCUT2D eigenvalue weighted by Gasteiger charge is 2.28. The first kappa shape index (κ1) is 20.5. The molecule has 0 aliphatic rings. The maximum Gasteiger partial charge on any atom is 0.422 e. The van der Waals surface area contributed by atoms with Crippen molar-refractivity contribution in [1.82, 2.24) is 15.6 Å². The first-order valence-corrected chi connectivity index (χ1v) is 8.58. The quantitative estimate of drug-likeness (QED) is 0.569. The van der Waals surface area contributed by atoms with Gasteiger partial charge in [-0.05, 0) is 25.0 Å². The lowest BCUT2D eigenvalue weighted by Crippen LogP contribution is -2.36. The topological polar surface area (TPSA) is 58.5 Å². The van der Waals surface area contributed by atoms with Gasteiger partial charge in [0.25, 0.3) is 0 Å². The van der Waals surface area contributed by atoms with Gasteiger partial charge in [0.2, 0.25) is 5.88 Å². The summed E-state index contributed by atoms with van der Waals surface area (Å²) in [5.41, 5.74) is 3.11. The minimum atomic E-state index is -4.38. The molecule has 1 aromatic carbocycles. The third-order valence-electron chi connectivity index (χ3n) is 3.53. The Kier molecular flexibility index (Phi) is 7.45. The molecule has 0 aliphatic heterocycles. The van der Waals surface area contributed by atoms with Crippen molar-refractivity contribution in [1.29, 1.82) is 0 Å². The predicted octanol–water partition coefficient (Wildman–Crippen LogP) is 3.59. The van der Waals surface area contributed by atoms with Crippen LogP contribution in [0.4, 0.5) is 13.2 Å². The van der Waals surface area contributed by atoms with E-state index in [-0.39, 0.29) is 5.88 Å². The van der Waals surface area contributed by atoms with E-state index in [2.05, 4.69) is 49.6 Å². The molecule has 146 valence electrons. The van der Waals surface area contributed by atoms with Crippen LogP contribution in [0.15, 0.2) is 47.6 Å². The Balaban J connectivity index is 1.90. The van der Waals surface area contributed by atoms with Gasteiger partial charge in [-0.15, -0.1) is 0 Å². The Morgan fingerprint density at radius 1 is 1.07 bits per heavy atom. The molecule has 0 bridgehead atoms. The number of aromatic nitrogens is 1. The molecule has 8 heteroatoms. The van der Waals surface area contributed by atoms with E-state index in [1.165, 1.54) is 17.8 Å². The SMILES string of the molecule is CCNC(=NCc1ccc(OCC(F)(F)F)nc1)NCc1ccc(C)cc1. The standard InChI is InChI=1S/C19H23F3N4O/c1-3-23-18(25-10-15-6-4-14(2)5-7-15)26-12-16-8-9-17(24-11-16)27-13-19(20,21)22/h4-9,11H,3,10,12-13H2,1-2H3,(H2,23,25,26).